The number of aromatic nitrogens is 1. The van der Waals surface area contributed by atoms with Gasteiger partial charge in [0.25, 0.3) is 15.6 Å². The molecule has 3 N–H and O–H groups in total. The quantitative estimate of drug-likeness (QED) is 0.179. The van der Waals surface area contributed by atoms with Gasteiger partial charge in [0.2, 0.25) is 0 Å². The number of nitrogens with one attached hydrogen (secondary N) is 3. The number of alkyl halides is 1. The number of sulfonamides is 1. The fourth-order valence-electron chi connectivity index (χ4n) is 4.10. The van der Waals surface area contributed by atoms with E-state index in [1.54, 1.807) is 49.6 Å². The van der Waals surface area contributed by atoms with Crippen molar-refractivity contribution >= 4 is 72.1 Å². The van der Waals surface area contributed by atoms with Crippen LogP contribution in [0.2, 0.25) is 0 Å². The summed E-state index contributed by atoms with van der Waals surface area (Å²) >= 11 is 3.26. The number of fused-ring (bicyclic) bond motifs is 1. The van der Waals surface area contributed by atoms with E-state index >= 15 is 0 Å². The van der Waals surface area contributed by atoms with E-state index in [0.717, 1.165) is 34.6 Å². The van der Waals surface area contributed by atoms with Gasteiger partial charge in [-0.15, -0.1) is 11.3 Å². The first-order chi connectivity index (χ1) is 17.7. The Hall–Kier alpha value is -2.97. The van der Waals surface area contributed by atoms with Gasteiger partial charge in [-0.05, 0) is 78.2 Å². The molecule has 37 heavy (non-hydrogen) atoms. The maximum Gasteiger partial charge on any atom is 0.333 e. The lowest BCUT2D eigenvalue weighted by molar-refractivity contribution is 0.256. The summed E-state index contributed by atoms with van der Waals surface area (Å²) in [5, 5.41) is 6.28. The number of carbonyl (C=O) groups is 1. The topological polar surface area (TPSA) is 109 Å². The Bertz CT molecular complexity index is 1700. The molecule has 8 nitrogen and oxygen atoms in total. The van der Waals surface area contributed by atoms with Gasteiger partial charge in [-0.2, -0.15) is 0 Å². The highest BCUT2D eigenvalue weighted by Gasteiger charge is 2.28. The van der Waals surface area contributed by atoms with E-state index in [4.69, 9.17) is 0 Å². The zero-order chi connectivity index (χ0) is 26.3. The molecule has 2 amide bonds. The second kappa shape index (κ2) is 10.1. The highest BCUT2D eigenvalue weighted by atomic mass is 127. The average molecular weight is 653 g/mol. The summed E-state index contributed by atoms with van der Waals surface area (Å²) < 4.78 is 43.8. The highest BCUT2D eigenvalue weighted by Crippen LogP contribution is 2.44. The Morgan fingerprint density at radius 1 is 1.14 bits per heavy atom. The van der Waals surface area contributed by atoms with Crippen molar-refractivity contribution in [2.45, 2.75) is 27.4 Å². The second-order valence-corrected chi connectivity index (χ2v) is 12.5. The van der Waals surface area contributed by atoms with E-state index in [-0.39, 0.29) is 21.1 Å². The number of rotatable bonds is 7. The van der Waals surface area contributed by atoms with Gasteiger partial charge in [-0.3, -0.25) is 9.36 Å². The van der Waals surface area contributed by atoms with Crippen LogP contribution in [0.25, 0.3) is 16.5 Å². The molecule has 0 aliphatic heterocycles. The van der Waals surface area contributed by atoms with E-state index in [9.17, 15) is 22.4 Å². The van der Waals surface area contributed by atoms with Crippen LogP contribution < -0.4 is 20.9 Å². The standard InChI is InChI=1S/C25H22FIN4O4S2/c1-28-22-10-15-8-9-31(24(32)19(15)12-20(22)26)16-4-6-21(18(11-16)14-2-3-14)29-25(33)30-37(34,35)23-7-5-17(13-27)36-23/h4-12,14,28H,2-3,13H2,1H3,(H2,29,30,33). The van der Waals surface area contributed by atoms with E-state index in [1.165, 1.54) is 16.7 Å². The van der Waals surface area contributed by atoms with Crippen LogP contribution in [0, 0.1) is 5.82 Å². The molecule has 0 bridgehead atoms. The van der Waals surface area contributed by atoms with Crippen LogP contribution in [0.15, 0.2) is 63.7 Å². The summed E-state index contributed by atoms with van der Waals surface area (Å²) in [4.78, 5) is 26.7. The molecule has 2 aromatic heterocycles. The lowest BCUT2D eigenvalue weighted by Crippen LogP contribution is -2.34. The Kier molecular flexibility index (Phi) is 6.98. The molecule has 1 aliphatic rings. The van der Waals surface area contributed by atoms with Crippen LogP contribution in [0.3, 0.4) is 0 Å². The zero-order valence-electron chi connectivity index (χ0n) is 19.5. The average Bonchev–Trinajstić information content (AvgIpc) is 3.59. The van der Waals surface area contributed by atoms with Gasteiger partial charge in [0, 0.05) is 33.9 Å². The van der Waals surface area contributed by atoms with Crippen molar-refractivity contribution in [2.75, 3.05) is 17.7 Å². The number of amides is 2. The first kappa shape index (κ1) is 25.7. The first-order valence-electron chi connectivity index (χ1n) is 11.4. The smallest absolute Gasteiger partial charge is 0.333 e. The molecule has 4 aromatic rings. The molecular formula is C25H22FIN4O4S2. The lowest BCUT2D eigenvalue weighted by Gasteiger charge is -2.15. The van der Waals surface area contributed by atoms with Crippen LogP contribution in [0.4, 0.5) is 20.6 Å². The van der Waals surface area contributed by atoms with Crippen molar-refractivity contribution in [1.29, 1.82) is 0 Å². The molecular weight excluding hydrogens is 630 g/mol. The normalized spacial score (nSPS) is 13.5. The summed E-state index contributed by atoms with van der Waals surface area (Å²) in [5.74, 6) is -0.334. The maximum atomic E-state index is 14.3. The van der Waals surface area contributed by atoms with Gasteiger partial charge in [0.05, 0.1) is 11.1 Å². The monoisotopic (exact) mass is 652 g/mol. The minimum atomic E-state index is -4.00. The number of hydrogen-bond acceptors (Lipinski definition) is 6. The number of halogens is 2. The van der Waals surface area contributed by atoms with Crippen LogP contribution in [-0.4, -0.2) is 26.1 Å². The number of carbonyl (C=O) groups excluding carboxylic acids is 1. The molecule has 12 heteroatoms. The first-order valence-corrected chi connectivity index (χ1v) is 15.2. The van der Waals surface area contributed by atoms with Crippen molar-refractivity contribution in [1.82, 2.24) is 9.29 Å². The van der Waals surface area contributed by atoms with Crippen molar-refractivity contribution in [3.8, 4) is 5.69 Å². The molecule has 0 atom stereocenters. The van der Waals surface area contributed by atoms with Crippen molar-refractivity contribution in [2.24, 2.45) is 0 Å². The van der Waals surface area contributed by atoms with Crippen molar-refractivity contribution in [3.05, 3.63) is 81.3 Å². The summed E-state index contributed by atoms with van der Waals surface area (Å²) in [6.45, 7) is 0. The summed E-state index contributed by atoms with van der Waals surface area (Å²) in [6, 6.07) is 12.0. The Balaban J connectivity index is 1.43. The van der Waals surface area contributed by atoms with Gasteiger partial charge in [-0.25, -0.2) is 22.3 Å². The minimum absolute atomic E-state index is 0.0704. The molecule has 2 heterocycles. The number of urea groups is 1. The summed E-state index contributed by atoms with van der Waals surface area (Å²) in [7, 11) is -2.39. The molecule has 0 unspecified atom stereocenters. The van der Waals surface area contributed by atoms with Gasteiger partial charge in [-0.1, -0.05) is 22.6 Å². The molecule has 0 radical (unpaired) electrons. The predicted octanol–water partition coefficient (Wildman–Crippen LogP) is 5.56. The largest absolute Gasteiger partial charge is 0.386 e. The van der Waals surface area contributed by atoms with Crippen LogP contribution >= 0.6 is 33.9 Å². The molecule has 0 saturated heterocycles. The molecule has 2 aromatic carbocycles. The van der Waals surface area contributed by atoms with Gasteiger partial charge in [0.1, 0.15) is 10.0 Å². The summed E-state index contributed by atoms with van der Waals surface area (Å²) in [6.07, 6.45) is 3.46. The number of benzene rings is 2. The van der Waals surface area contributed by atoms with Crippen molar-refractivity contribution < 1.29 is 17.6 Å². The predicted molar refractivity (Wildman–Crippen MR) is 152 cm³/mol. The lowest BCUT2D eigenvalue weighted by atomic mass is 10.1. The second-order valence-electron chi connectivity index (χ2n) is 8.62. The number of anilines is 2. The van der Waals surface area contributed by atoms with Crippen LogP contribution in [0.1, 0.15) is 29.2 Å². The number of thiophene rings is 1. The molecule has 0 spiro atoms. The molecule has 5 rings (SSSR count). The fourth-order valence-corrected chi connectivity index (χ4v) is 6.94. The van der Waals surface area contributed by atoms with Gasteiger partial charge >= 0.3 is 6.03 Å². The number of pyridine rings is 1. The fraction of sp³-hybridized carbons (Fsp3) is 0.200. The zero-order valence-corrected chi connectivity index (χ0v) is 23.3. The SMILES string of the molecule is CNc1cc2ccn(-c3ccc(NC(=O)NS(=O)(=O)c4ccc(CI)s4)c(C4CC4)c3)c(=O)c2cc1F. The van der Waals surface area contributed by atoms with Crippen LogP contribution in [-0.2, 0) is 14.5 Å². The van der Waals surface area contributed by atoms with E-state index in [0.29, 0.717) is 26.9 Å². The molecule has 1 saturated carbocycles. The highest BCUT2D eigenvalue weighted by molar-refractivity contribution is 14.1. The third-order valence-electron chi connectivity index (χ3n) is 6.10. The molecule has 192 valence electrons. The van der Waals surface area contributed by atoms with Gasteiger partial charge in [0.15, 0.2) is 0 Å². The van der Waals surface area contributed by atoms with E-state index < -0.39 is 21.9 Å². The molecule has 1 aliphatic carbocycles. The third-order valence-corrected chi connectivity index (χ3v) is 10.3. The Labute approximate surface area is 230 Å². The summed E-state index contributed by atoms with van der Waals surface area (Å²) in [5.41, 5.74) is 1.78. The number of hydrogen-bond donors (Lipinski definition) is 3. The van der Waals surface area contributed by atoms with E-state index in [1.807, 2.05) is 0 Å². The minimum Gasteiger partial charge on any atom is -0.386 e. The van der Waals surface area contributed by atoms with Gasteiger partial charge < -0.3 is 10.6 Å². The van der Waals surface area contributed by atoms with E-state index in [2.05, 4.69) is 37.9 Å². The Morgan fingerprint density at radius 2 is 1.92 bits per heavy atom. The number of nitrogens with zero attached hydrogens (tertiary/aromatic N) is 1. The molecule has 1 fully saturated rings. The van der Waals surface area contributed by atoms with Crippen molar-refractivity contribution in [3.63, 3.8) is 0 Å². The van der Waals surface area contributed by atoms with Crippen LogP contribution in [0.5, 0.6) is 0 Å². The maximum absolute atomic E-state index is 14.3. The Morgan fingerprint density at radius 3 is 2.59 bits per heavy atom. The third kappa shape index (κ3) is 5.22.